The standard InChI is InChI=1S/C14H19NO3/c1-5-12(14(17)18-4)15-13(16)11-7-9(2)6-10(3)8-11/h6-8,12H,5H2,1-4H3,(H,15,16)/t12-/m0/s1. The molecule has 0 saturated carbocycles. The first-order chi connectivity index (χ1) is 8.47. The summed E-state index contributed by atoms with van der Waals surface area (Å²) in [7, 11) is 1.31. The van der Waals surface area contributed by atoms with Crippen molar-refractivity contribution in [3.63, 3.8) is 0 Å². The van der Waals surface area contributed by atoms with E-state index in [9.17, 15) is 9.59 Å². The summed E-state index contributed by atoms with van der Waals surface area (Å²) in [5.41, 5.74) is 2.60. The Hall–Kier alpha value is -1.84. The summed E-state index contributed by atoms with van der Waals surface area (Å²) >= 11 is 0. The van der Waals surface area contributed by atoms with Crippen molar-refractivity contribution in [2.75, 3.05) is 7.11 Å². The highest BCUT2D eigenvalue weighted by Crippen LogP contribution is 2.09. The Morgan fingerprint density at radius 2 is 1.78 bits per heavy atom. The zero-order chi connectivity index (χ0) is 13.7. The third-order valence-electron chi connectivity index (χ3n) is 2.68. The number of hydrogen-bond acceptors (Lipinski definition) is 3. The number of esters is 1. The maximum Gasteiger partial charge on any atom is 0.328 e. The smallest absolute Gasteiger partial charge is 0.328 e. The average Bonchev–Trinajstić information content (AvgIpc) is 2.33. The summed E-state index contributed by atoms with van der Waals surface area (Å²) < 4.78 is 4.63. The van der Waals surface area contributed by atoms with Crippen LogP contribution in [0.3, 0.4) is 0 Å². The lowest BCUT2D eigenvalue weighted by Crippen LogP contribution is -2.41. The van der Waals surface area contributed by atoms with Crippen molar-refractivity contribution in [2.45, 2.75) is 33.2 Å². The summed E-state index contributed by atoms with van der Waals surface area (Å²) in [4.78, 5) is 23.4. The normalized spacial score (nSPS) is 11.8. The monoisotopic (exact) mass is 249 g/mol. The van der Waals surface area contributed by atoms with Crippen LogP contribution in [0.15, 0.2) is 18.2 Å². The third-order valence-corrected chi connectivity index (χ3v) is 2.68. The molecule has 0 spiro atoms. The Morgan fingerprint density at radius 1 is 1.22 bits per heavy atom. The number of amides is 1. The predicted octanol–water partition coefficient (Wildman–Crippen LogP) is 1.98. The van der Waals surface area contributed by atoms with Crippen LogP contribution in [0, 0.1) is 13.8 Å². The van der Waals surface area contributed by atoms with E-state index in [-0.39, 0.29) is 5.91 Å². The summed E-state index contributed by atoms with van der Waals surface area (Å²) in [6, 6.07) is 5.00. The second-order valence-corrected chi connectivity index (χ2v) is 4.33. The van der Waals surface area contributed by atoms with Gasteiger partial charge < -0.3 is 10.1 Å². The van der Waals surface area contributed by atoms with Crippen LogP contribution in [0.4, 0.5) is 0 Å². The van der Waals surface area contributed by atoms with Crippen LogP contribution in [-0.2, 0) is 9.53 Å². The van der Waals surface area contributed by atoms with Gasteiger partial charge in [0.1, 0.15) is 6.04 Å². The fraction of sp³-hybridized carbons (Fsp3) is 0.429. The second kappa shape index (κ2) is 6.19. The maximum absolute atomic E-state index is 12.0. The first-order valence-electron chi connectivity index (χ1n) is 5.95. The van der Waals surface area contributed by atoms with Crippen molar-refractivity contribution in [3.05, 3.63) is 34.9 Å². The molecule has 0 bridgehead atoms. The van der Waals surface area contributed by atoms with E-state index in [0.29, 0.717) is 12.0 Å². The topological polar surface area (TPSA) is 55.4 Å². The van der Waals surface area contributed by atoms with Crippen LogP contribution in [0.5, 0.6) is 0 Å². The molecular formula is C14H19NO3. The first kappa shape index (κ1) is 14.2. The van der Waals surface area contributed by atoms with Crippen LogP contribution >= 0.6 is 0 Å². The molecule has 18 heavy (non-hydrogen) atoms. The van der Waals surface area contributed by atoms with Gasteiger partial charge in [-0.1, -0.05) is 24.1 Å². The molecule has 4 nitrogen and oxygen atoms in total. The number of benzene rings is 1. The van der Waals surface area contributed by atoms with E-state index in [4.69, 9.17) is 0 Å². The zero-order valence-electron chi connectivity index (χ0n) is 11.2. The summed E-state index contributed by atoms with van der Waals surface area (Å²) in [5, 5.41) is 2.67. The van der Waals surface area contributed by atoms with Gasteiger partial charge in [-0.3, -0.25) is 4.79 Å². The molecular weight excluding hydrogens is 230 g/mol. The van der Waals surface area contributed by atoms with Gasteiger partial charge in [0, 0.05) is 5.56 Å². The number of nitrogens with one attached hydrogen (secondary N) is 1. The minimum Gasteiger partial charge on any atom is -0.467 e. The minimum atomic E-state index is -0.594. The molecule has 0 aliphatic carbocycles. The molecule has 98 valence electrons. The molecule has 0 unspecified atom stereocenters. The highest BCUT2D eigenvalue weighted by Gasteiger charge is 2.20. The van der Waals surface area contributed by atoms with Gasteiger partial charge in [-0.25, -0.2) is 4.79 Å². The Bertz CT molecular complexity index is 434. The molecule has 1 N–H and O–H groups in total. The van der Waals surface area contributed by atoms with Crippen molar-refractivity contribution < 1.29 is 14.3 Å². The fourth-order valence-corrected chi connectivity index (χ4v) is 1.82. The van der Waals surface area contributed by atoms with E-state index in [1.807, 2.05) is 26.8 Å². The molecule has 0 fully saturated rings. The van der Waals surface area contributed by atoms with Crippen LogP contribution in [0.2, 0.25) is 0 Å². The number of carbonyl (C=O) groups excluding carboxylic acids is 2. The van der Waals surface area contributed by atoms with Gasteiger partial charge in [0.25, 0.3) is 5.91 Å². The van der Waals surface area contributed by atoms with Gasteiger partial charge in [-0.2, -0.15) is 0 Å². The number of carbonyl (C=O) groups is 2. The fourth-order valence-electron chi connectivity index (χ4n) is 1.82. The molecule has 4 heteroatoms. The molecule has 1 aromatic carbocycles. The van der Waals surface area contributed by atoms with E-state index < -0.39 is 12.0 Å². The molecule has 1 amide bonds. The predicted molar refractivity (Wildman–Crippen MR) is 69.5 cm³/mol. The Kier molecular flexibility index (Phi) is 4.89. The van der Waals surface area contributed by atoms with Gasteiger partial charge in [0.2, 0.25) is 0 Å². The Balaban J connectivity index is 2.84. The first-order valence-corrected chi connectivity index (χ1v) is 5.95. The van der Waals surface area contributed by atoms with Gasteiger partial charge in [-0.05, 0) is 32.4 Å². The van der Waals surface area contributed by atoms with Crippen LogP contribution in [-0.4, -0.2) is 25.0 Å². The molecule has 1 aromatic rings. The quantitative estimate of drug-likeness (QED) is 0.830. The lowest BCUT2D eigenvalue weighted by atomic mass is 10.1. The Morgan fingerprint density at radius 3 is 2.22 bits per heavy atom. The second-order valence-electron chi connectivity index (χ2n) is 4.33. The van der Waals surface area contributed by atoms with Crippen LogP contribution in [0.25, 0.3) is 0 Å². The van der Waals surface area contributed by atoms with E-state index >= 15 is 0 Å². The number of aryl methyl sites for hydroxylation is 2. The number of hydrogen-bond donors (Lipinski definition) is 1. The Labute approximate surface area is 107 Å². The SMILES string of the molecule is CC[C@H](NC(=O)c1cc(C)cc(C)c1)C(=O)OC. The number of rotatable bonds is 4. The van der Waals surface area contributed by atoms with E-state index in [1.54, 1.807) is 12.1 Å². The van der Waals surface area contributed by atoms with Crippen molar-refractivity contribution in [1.82, 2.24) is 5.32 Å². The maximum atomic E-state index is 12.0. The number of ether oxygens (including phenoxy) is 1. The minimum absolute atomic E-state index is 0.251. The molecule has 0 radical (unpaired) electrons. The van der Waals surface area contributed by atoms with Crippen molar-refractivity contribution in [1.29, 1.82) is 0 Å². The number of methoxy groups -OCH3 is 1. The summed E-state index contributed by atoms with van der Waals surface area (Å²) in [6.45, 7) is 5.69. The van der Waals surface area contributed by atoms with Crippen LogP contribution in [0.1, 0.15) is 34.8 Å². The van der Waals surface area contributed by atoms with Gasteiger partial charge >= 0.3 is 5.97 Å². The summed E-state index contributed by atoms with van der Waals surface area (Å²) in [5.74, 6) is -0.672. The molecule has 0 saturated heterocycles. The van der Waals surface area contributed by atoms with Crippen molar-refractivity contribution in [3.8, 4) is 0 Å². The molecule has 1 atom stereocenters. The highest BCUT2D eigenvalue weighted by atomic mass is 16.5. The van der Waals surface area contributed by atoms with Crippen molar-refractivity contribution >= 4 is 11.9 Å². The van der Waals surface area contributed by atoms with Gasteiger partial charge in [0.15, 0.2) is 0 Å². The summed E-state index contributed by atoms with van der Waals surface area (Å²) in [6.07, 6.45) is 0.503. The molecule has 0 aliphatic rings. The highest BCUT2D eigenvalue weighted by molar-refractivity contribution is 5.97. The third kappa shape index (κ3) is 3.58. The average molecular weight is 249 g/mol. The molecule has 0 aliphatic heterocycles. The zero-order valence-corrected chi connectivity index (χ0v) is 11.2. The van der Waals surface area contributed by atoms with E-state index in [0.717, 1.165) is 11.1 Å². The lowest BCUT2D eigenvalue weighted by Gasteiger charge is -2.14. The van der Waals surface area contributed by atoms with Gasteiger partial charge in [0.05, 0.1) is 7.11 Å². The largest absolute Gasteiger partial charge is 0.467 e. The van der Waals surface area contributed by atoms with E-state index in [1.165, 1.54) is 7.11 Å². The van der Waals surface area contributed by atoms with E-state index in [2.05, 4.69) is 10.1 Å². The molecule has 1 rings (SSSR count). The van der Waals surface area contributed by atoms with Crippen molar-refractivity contribution in [2.24, 2.45) is 0 Å². The van der Waals surface area contributed by atoms with Gasteiger partial charge in [-0.15, -0.1) is 0 Å². The molecule has 0 heterocycles. The van der Waals surface area contributed by atoms with Crippen LogP contribution < -0.4 is 5.32 Å². The lowest BCUT2D eigenvalue weighted by molar-refractivity contribution is -0.142. The molecule has 0 aromatic heterocycles.